The highest BCUT2D eigenvalue weighted by Gasteiger charge is 2.23. The summed E-state index contributed by atoms with van der Waals surface area (Å²) in [4.78, 5) is 27.1. The highest BCUT2D eigenvalue weighted by Crippen LogP contribution is 2.33. The zero-order valence-corrected chi connectivity index (χ0v) is 19.0. The Bertz CT molecular complexity index is 1340. The van der Waals surface area contributed by atoms with Gasteiger partial charge in [0.05, 0.1) is 11.1 Å². The fourth-order valence-corrected chi connectivity index (χ4v) is 4.22. The van der Waals surface area contributed by atoms with Crippen molar-refractivity contribution in [3.63, 3.8) is 0 Å². The highest BCUT2D eigenvalue weighted by molar-refractivity contribution is 9.10. The molecular formula is C27H22BrNO2. The number of hydrogen-bond donors (Lipinski definition) is 0. The van der Waals surface area contributed by atoms with E-state index < -0.39 is 0 Å². The van der Waals surface area contributed by atoms with E-state index in [-0.39, 0.29) is 22.9 Å². The third kappa shape index (κ3) is 4.17. The molecule has 0 bridgehead atoms. The molecular weight excluding hydrogens is 450 g/mol. The van der Waals surface area contributed by atoms with Crippen LogP contribution < -0.4 is 5.56 Å². The van der Waals surface area contributed by atoms with Gasteiger partial charge in [-0.2, -0.15) is 0 Å². The van der Waals surface area contributed by atoms with Gasteiger partial charge >= 0.3 is 0 Å². The van der Waals surface area contributed by atoms with Crippen LogP contribution in [-0.2, 0) is 0 Å². The monoisotopic (exact) mass is 471 g/mol. The quantitative estimate of drug-likeness (QED) is 0.234. The topological polar surface area (TPSA) is 39.1 Å². The molecule has 154 valence electrons. The molecule has 4 aromatic rings. The van der Waals surface area contributed by atoms with Crippen LogP contribution in [0.5, 0.6) is 0 Å². The molecule has 0 radical (unpaired) electrons. The van der Waals surface area contributed by atoms with E-state index in [1.54, 1.807) is 10.6 Å². The first-order valence-electron chi connectivity index (χ1n) is 10.2. The van der Waals surface area contributed by atoms with E-state index in [1.165, 1.54) is 6.08 Å². The van der Waals surface area contributed by atoms with Gasteiger partial charge in [0.15, 0.2) is 5.78 Å². The van der Waals surface area contributed by atoms with Gasteiger partial charge in [-0.15, -0.1) is 0 Å². The molecule has 0 N–H and O–H groups in total. The number of carbonyl (C=O) groups is 1. The Morgan fingerprint density at radius 3 is 2.23 bits per heavy atom. The minimum Gasteiger partial charge on any atom is -0.305 e. The summed E-state index contributed by atoms with van der Waals surface area (Å²) < 4.78 is 2.60. The van der Waals surface area contributed by atoms with Crippen molar-refractivity contribution in [3.05, 3.63) is 111 Å². The molecule has 3 aromatic carbocycles. The van der Waals surface area contributed by atoms with Crippen molar-refractivity contribution >= 4 is 38.7 Å². The van der Waals surface area contributed by atoms with E-state index in [4.69, 9.17) is 0 Å². The Morgan fingerprint density at radius 1 is 0.935 bits per heavy atom. The first-order valence-corrected chi connectivity index (χ1v) is 11.0. The largest absolute Gasteiger partial charge is 0.305 e. The maximum absolute atomic E-state index is 13.7. The summed E-state index contributed by atoms with van der Waals surface area (Å²) >= 11 is 3.56. The third-order valence-corrected chi connectivity index (χ3v) is 5.72. The van der Waals surface area contributed by atoms with Crippen molar-refractivity contribution in [3.8, 4) is 11.1 Å². The van der Waals surface area contributed by atoms with Crippen molar-refractivity contribution in [2.24, 2.45) is 0 Å². The van der Waals surface area contributed by atoms with Gasteiger partial charge in [0, 0.05) is 21.5 Å². The number of pyridine rings is 1. The molecule has 0 saturated heterocycles. The number of fused-ring (bicyclic) bond motifs is 1. The predicted molar refractivity (Wildman–Crippen MR) is 132 cm³/mol. The average Bonchev–Trinajstić information content (AvgIpc) is 2.78. The number of benzene rings is 3. The number of carbonyl (C=O) groups excluding carboxylic acids is 1. The number of hydrogen-bond acceptors (Lipinski definition) is 2. The van der Waals surface area contributed by atoms with Crippen LogP contribution in [0.1, 0.15) is 35.8 Å². The third-order valence-electron chi connectivity index (χ3n) is 5.22. The fraction of sp³-hybridized carbons (Fsp3) is 0.111. The second-order valence-corrected chi connectivity index (χ2v) is 8.57. The maximum Gasteiger partial charge on any atom is 0.263 e. The Hall–Kier alpha value is -3.24. The summed E-state index contributed by atoms with van der Waals surface area (Å²) in [6.45, 7) is 3.91. The molecule has 0 fully saturated rings. The summed E-state index contributed by atoms with van der Waals surface area (Å²) in [5.74, 6) is -0.302. The standard InChI is InChI=1S/C27H22BrNO2/c1-18(2)29-23-15-14-21(28)17-22(23)25(20-11-7-4-8-12-20)26(27(29)31)24(30)16-13-19-9-5-3-6-10-19/h3-18H,1-2H3/b16-13+. The van der Waals surface area contributed by atoms with Crippen LogP contribution in [-0.4, -0.2) is 10.4 Å². The molecule has 1 heterocycles. The molecule has 0 spiro atoms. The number of nitrogens with zero attached hydrogens (tertiary/aromatic N) is 1. The number of rotatable bonds is 5. The lowest BCUT2D eigenvalue weighted by molar-refractivity contribution is 0.104. The highest BCUT2D eigenvalue weighted by atomic mass is 79.9. The van der Waals surface area contributed by atoms with Crippen LogP contribution >= 0.6 is 15.9 Å². The van der Waals surface area contributed by atoms with Gasteiger partial charge in [-0.3, -0.25) is 9.59 Å². The van der Waals surface area contributed by atoms with E-state index in [9.17, 15) is 9.59 Å². The van der Waals surface area contributed by atoms with E-state index in [0.29, 0.717) is 5.56 Å². The van der Waals surface area contributed by atoms with Crippen LogP contribution in [0.15, 0.2) is 94.2 Å². The fourth-order valence-electron chi connectivity index (χ4n) is 3.86. The number of aromatic nitrogens is 1. The summed E-state index contributed by atoms with van der Waals surface area (Å²) in [6, 6.07) is 25.0. The van der Waals surface area contributed by atoms with E-state index in [1.807, 2.05) is 92.7 Å². The van der Waals surface area contributed by atoms with Crippen LogP contribution in [0.25, 0.3) is 28.1 Å². The second kappa shape index (κ2) is 8.86. The van der Waals surface area contributed by atoms with Crippen molar-refractivity contribution in [1.29, 1.82) is 0 Å². The number of ketones is 1. The van der Waals surface area contributed by atoms with Gasteiger partial charge in [0.1, 0.15) is 0 Å². The van der Waals surface area contributed by atoms with Crippen molar-refractivity contribution in [2.45, 2.75) is 19.9 Å². The first kappa shape index (κ1) is 21.0. The molecule has 31 heavy (non-hydrogen) atoms. The SMILES string of the molecule is CC(C)n1c(=O)c(C(=O)/C=C/c2ccccc2)c(-c2ccccc2)c2cc(Br)ccc21. The summed E-state index contributed by atoms with van der Waals surface area (Å²) in [5.41, 5.74) is 3.15. The molecule has 0 unspecified atom stereocenters. The Kier molecular flexibility index (Phi) is 6.01. The lowest BCUT2D eigenvalue weighted by Crippen LogP contribution is -2.29. The zero-order valence-electron chi connectivity index (χ0n) is 17.4. The Morgan fingerprint density at radius 2 is 1.58 bits per heavy atom. The Labute approximate surface area is 189 Å². The lowest BCUT2D eigenvalue weighted by Gasteiger charge is -2.20. The van der Waals surface area contributed by atoms with Crippen molar-refractivity contribution < 1.29 is 4.79 Å². The van der Waals surface area contributed by atoms with Crippen LogP contribution in [0.2, 0.25) is 0 Å². The summed E-state index contributed by atoms with van der Waals surface area (Å²) in [5, 5.41) is 0.866. The molecule has 4 rings (SSSR count). The van der Waals surface area contributed by atoms with Gasteiger partial charge in [-0.1, -0.05) is 82.7 Å². The summed E-state index contributed by atoms with van der Waals surface area (Å²) in [6.07, 6.45) is 3.24. The molecule has 0 aliphatic carbocycles. The van der Waals surface area contributed by atoms with Crippen LogP contribution in [0.4, 0.5) is 0 Å². The molecule has 0 aliphatic rings. The van der Waals surface area contributed by atoms with Crippen molar-refractivity contribution in [2.75, 3.05) is 0 Å². The van der Waals surface area contributed by atoms with Crippen LogP contribution in [0.3, 0.4) is 0 Å². The molecule has 0 amide bonds. The smallest absolute Gasteiger partial charge is 0.263 e. The normalized spacial score (nSPS) is 11.5. The van der Waals surface area contributed by atoms with Gasteiger partial charge in [-0.25, -0.2) is 0 Å². The number of halogens is 1. The number of allylic oxidation sites excluding steroid dienone is 1. The van der Waals surface area contributed by atoms with Gasteiger partial charge in [0.25, 0.3) is 5.56 Å². The first-order chi connectivity index (χ1) is 15.0. The van der Waals surface area contributed by atoms with Gasteiger partial charge in [-0.05, 0) is 49.2 Å². The molecule has 4 heteroatoms. The van der Waals surface area contributed by atoms with Crippen molar-refractivity contribution in [1.82, 2.24) is 4.57 Å². The molecule has 0 aliphatic heterocycles. The molecule has 0 saturated carbocycles. The minimum absolute atomic E-state index is 0.0920. The van der Waals surface area contributed by atoms with E-state index >= 15 is 0 Å². The van der Waals surface area contributed by atoms with E-state index in [2.05, 4.69) is 15.9 Å². The van der Waals surface area contributed by atoms with Gasteiger partial charge in [0.2, 0.25) is 0 Å². The molecule has 3 nitrogen and oxygen atoms in total. The van der Waals surface area contributed by atoms with E-state index in [0.717, 1.165) is 26.5 Å². The molecule has 1 aromatic heterocycles. The maximum atomic E-state index is 13.7. The zero-order chi connectivity index (χ0) is 22.0. The van der Waals surface area contributed by atoms with Gasteiger partial charge < -0.3 is 4.57 Å². The summed E-state index contributed by atoms with van der Waals surface area (Å²) in [7, 11) is 0. The van der Waals surface area contributed by atoms with Crippen LogP contribution in [0, 0.1) is 0 Å². The predicted octanol–water partition coefficient (Wildman–Crippen LogP) is 6.91. The lowest BCUT2D eigenvalue weighted by atomic mass is 9.93. The Balaban J connectivity index is 2.05. The minimum atomic E-state index is -0.302. The average molecular weight is 472 g/mol. The second-order valence-electron chi connectivity index (χ2n) is 7.65. The molecule has 0 atom stereocenters.